The number of thiazole rings is 1. The Morgan fingerprint density at radius 3 is 2.92 bits per heavy atom. The molecule has 0 saturated heterocycles. The Bertz CT molecular complexity index is 1030. The second-order valence-electron chi connectivity index (χ2n) is 5.35. The minimum atomic E-state index is -0.344. The Morgan fingerprint density at radius 2 is 2.04 bits per heavy atom. The van der Waals surface area contributed by atoms with Gasteiger partial charge in [0.25, 0.3) is 0 Å². The monoisotopic (exact) mass is 366 g/mol. The molecular weight excluding hydrogens is 352 g/mol. The van der Waals surface area contributed by atoms with Crippen molar-refractivity contribution in [3.8, 4) is 5.75 Å². The first-order chi connectivity index (χ1) is 12.8. The van der Waals surface area contributed by atoms with E-state index in [-0.39, 0.29) is 6.03 Å². The third kappa shape index (κ3) is 3.52. The Morgan fingerprint density at radius 1 is 1.19 bits per heavy atom. The summed E-state index contributed by atoms with van der Waals surface area (Å²) in [5.74, 6) is 0.737. The van der Waals surface area contributed by atoms with Gasteiger partial charge in [-0.3, -0.25) is 4.98 Å². The Kier molecular flexibility index (Phi) is 4.52. The van der Waals surface area contributed by atoms with E-state index in [1.54, 1.807) is 30.6 Å². The summed E-state index contributed by atoms with van der Waals surface area (Å²) >= 11 is 1.46. The molecule has 0 fully saturated rings. The summed E-state index contributed by atoms with van der Waals surface area (Å²) in [6, 6.07) is 10.5. The van der Waals surface area contributed by atoms with Crippen LogP contribution in [0.2, 0.25) is 0 Å². The minimum Gasteiger partial charge on any atom is -0.487 e. The molecule has 0 unspecified atom stereocenters. The van der Waals surface area contributed by atoms with Gasteiger partial charge in [-0.1, -0.05) is 17.3 Å². The molecule has 26 heavy (non-hydrogen) atoms. The molecule has 0 radical (unpaired) electrons. The van der Waals surface area contributed by atoms with Gasteiger partial charge in [0.1, 0.15) is 22.9 Å². The molecule has 1 aromatic carbocycles. The summed E-state index contributed by atoms with van der Waals surface area (Å²) in [6.45, 7) is 0.676. The number of pyridine rings is 1. The van der Waals surface area contributed by atoms with Crippen LogP contribution in [0.15, 0.2) is 54.2 Å². The van der Waals surface area contributed by atoms with Crippen LogP contribution in [0.4, 0.5) is 4.79 Å². The normalized spacial score (nSPS) is 10.8. The number of carbonyl (C=O) groups is 1. The summed E-state index contributed by atoms with van der Waals surface area (Å²) in [7, 11) is 0. The molecule has 8 nitrogen and oxygen atoms in total. The summed E-state index contributed by atoms with van der Waals surface area (Å²) in [5, 5.41) is 13.4. The standard InChI is InChI=1S/C17H14N6O2S/c24-17(23-15-4-2-1-3-14(15)21-22-23)19-9-16-20-12(11-26-16)10-25-13-5-7-18-8-6-13/h1-8,11H,9-10H2,(H,19,24). The van der Waals surface area contributed by atoms with Crippen LogP contribution in [0.5, 0.6) is 5.75 Å². The molecule has 0 saturated carbocycles. The van der Waals surface area contributed by atoms with E-state index in [4.69, 9.17) is 4.74 Å². The maximum atomic E-state index is 12.3. The Balaban J connectivity index is 1.35. The van der Waals surface area contributed by atoms with Gasteiger partial charge in [0.15, 0.2) is 0 Å². The van der Waals surface area contributed by atoms with Gasteiger partial charge >= 0.3 is 6.03 Å². The SMILES string of the molecule is O=C(NCc1nc(COc2ccncc2)cs1)n1nnc2ccccc21. The molecule has 130 valence electrons. The van der Waals surface area contributed by atoms with E-state index in [1.807, 2.05) is 23.6 Å². The lowest BCUT2D eigenvalue weighted by Crippen LogP contribution is -2.28. The predicted molar refractivity (Wildman–Crippen MR) is 95.8 cm³/mol. The lowest BCUT2D eigenvalue weighted by Gasteiger charge is -2.03. The Hall–Kier alpha value is -3.33. The van der Waals surface area contributed by atoms with Crippen LogP contribution in [0.3, 0.4) is 0 Å². The fraction of sp³-hybridized carbons (Fsp3) is 0.118. The molecule has 1 N–H and O–H groups in total. The van der Waals surface area contributed by atoms with Crippen LogP contribution in [0.1, 0.15) is 10.7 Å². The smallest absolute Gasteiger partial charge is 0.344 e. The van der Waals surface area contributed by atoms with Gasteiger partial charge in [0.2, 0.25) is 0 Å². The zero-order chi connectivity index (χ0) is 17.8. The van der Waals surface area contributed by atoms with Crippen molar-refractivity contribution >= 4 is 28.4 Å². The third-order valence-electron chi connectivity index (χ3n) is 3.57. The average Bonchev–Trinajstić information content (AvgIpc) is 3.32. The summed E-state index contributed by atoms with van der Waals surface area (Å²) in [4.78, 5) is 20.7. The molecular formula is C17H14N6O2S. The van der Waals surface area contributed by atoms with Crippen LogP contribution in [0, 0.1) is 0 Å². The van der Waals surface area contributed by atoms with Crippen LogP contribution < -0.4 is 10.1 Å². The second-order valence-corrected chi connectivity index (χ2v) is 6.30. The number of amides is 1. The van der Waals surface area contributed by atoms with Crippen LogP contribution in [-0.2, 0) is 13.2 Å². The molecule has 4 rings (SSSR count). The Labute approximate surface area is 152 Å². The quantitative estimate of drug-likeness (QED) is 0.583. The number of para-hydroxylation sites is 1. The summed E-state index contributed by atoms with van der Waals surface area (Å²) in [5.41, 5.74) is 2.14. The van der Waals surface area contributed by atoms with Crippen molar-refractivity contribution < 1.29 is 9.53 Å². The molecule has 0 aliphatic rings. The zero-order valence-electron chi connectivity index (χ0n) is 13.6. The van der Waals surface area contributed by atoms with E-state index in [0.29, 0.717) is 24.2 Å². The number of nitrogens with one attached hydrogen (secondary N) is 1. The number of hydrogen-bond donors (Lipinski definition) is 1. The van der Waals surface area contributed by atoms with Crippen LogP contribution >= 0.6 is 11.3 Å². The van der Waals surface area contributed by atoms with Gasteiger partial charge in [-0.15, -0.1) is 16.4 Å². The number of ether oxygens (including phenoxy) is 1. The lowest BCUT2D eigenvalue weighted by atomic mass is 10.3. The first-order valence-electron chi connectivity index (χ1n) is 7.84. The van der Waals surface area contributed by atoms with Crippen molar-refractivity contribution in [3.63, 3.8) is 0 Å². The highest BCUT2D eigenvalue weighted by atomic mass is 32.1. The van der Waals surface area contributed by atoms with Crippen molar-refractivity contribution in [1.82, 2.24) is 30.3 Å². The zero-order valence-corrected chi connectivity index (χ0v) is 14.4. The van der Waals surface area contributed by atoms with Gasteiger partial charge < -0.3 is 10.1 Å². The number of rotatable bonds is 5. The number of nitrogens with zero attached hydrogens (tertiary/aromatic N) is 5. The molecule has 3 heterocycles. The van der Waals surface area contributed by atoms with Gasteiger partial charge in [0, 0.05) is 17.8 Å². The summed E-state index contributed by atoms with van der Waals surface area (Å²) in [6.07, 6.45) is 3.34. The van der Waals surface area contributed by atoms with E-state index in [2.05, 4.69) is 25.6 Å². The fourth-order valence-corrected chi connectivity index (χ4v) is 3.05. The molecule has 0 bridgehead atoms. The number of benzene rings is 1. The molecule has 0 aliphatic carbocycles. The van der Waals surface area contributed by atoms with Crippen LogP contribution in [-0.4, -0.2) is 31.0 Å². The fourth-order valence-electron chi connectivity index (χ4n) is 2.33. The molecule has 1 amide bonds. The maximum absolute atomic E-state index is 12.3. The highest BCUT2D eigenvalue weighted by Crippen LogP contribution is 2.14. The van der Waals surface area contributed by atoms with Crippen molar-refractivity contribution in [2.24, 2.45) is 0 Å². The van der Waals surface area contributed by atoms with Gasteiger partial charge in [0.05, 0.1) is 17.8 Å². The first kappa shape index (κ1) is 16.2. The second kappa shape index (κ2) is 7.28. The van der Waals surface area contributed by atoms with E-state index < -0.39 is 0 Å². The van der Waals surface area contributed by atoms with E-state index in [1.165, 1.54) is 16.0 Å². The van der Waals surface area contributed by atoms with Gasteiger partial charge in [-0.2, -0.15) is 4.68 Å². The van der Waals surface area contributed by atoms with Gasteiger partial charge in [-0.25, -0.2) is 9.78 Å². The molecule has 9 heteroatoms. The lowest BCUT2D eigenvalue weighted by molar-refractivity contribution is 0.239. The highest BCUT2D eigenvalue weighted by molar-refractivity contribution is 7.09. The highest BCUT2D eigenvalue weighted by Gasteiger charge is 2.12. The van der Waals surface area contributed by atoms with E-state index in [0.717, 1.165) is 16.5 Å². The van der Waals surface area contributed by atoms with Crippen molar-refractivity contribution in [2.45, 2.75) is 13.2 Å². The van der Waals surface area contributed by atoms with E-state index >= 15 is 0 Å². The molecule has 4 aromatic rings. The van der Waals surface area contributed by atoms with Crippen molar-refractivity contribution in [3.05, 3.63) is 64.9 Å². The van der Waals surface area contributed by atoms with Crippen molar-refractivity contribution in [1.29, 1.82) is 0 Å². The third-order valence-corrected chi connectivity index (χ3v) is 4.47. The summed E-state index contributed by atoms with van der Waals surface area (Å²) < 4.78 is 6.88. The minimum absolute atomic E-state index is 0.312. The van der Waals surface area contributed by atoms with Crippen LogP contribution in [0.25, 0.3) is 11.0 Å². The van der Waals surface area contributed by atoms with Crippen molar-refractivity contribution in [2.75, 3.05) is 0 Å². The number of hydrogen-bond acceptors (Lipinski definition) is 7. The number of fused-ring (bicyclic) bond motifs is 1. The predicted octanol–water partition coefficient (Wildman–Crippen LogP) is 2.62. The number of carbonyl (C=O) groups excluding carboxylic acids is 1. The maximum Gasteiger partial charge on any atom is 0.344 e. The average molecular weight is 366 g/mol. The van der Waals surface area contributed by atoms with Gasteiger partial charge in [-0.05, 0) is 24.3 Å². The largest absolute Gasteiger partial charge is 0.487 e. The topological polar surface area (TPSA) is 94.8 Å². The van der Waals surface area contributed by atoms with E-state index in [9.17, 15) is 4.79 Å². The molecule has 0 atom stereocenters. The molecule has 0 aliphatic heterocycles. The molecule has 0 spiro atoms. The first-order valence-corrected chi connectivity index (χ1v) is 8.72. The molecule has 3 aromatic heterocycles. The number of aromatic nitrogens is 5.